The molecular formula is C7H10CaO3S. The van der Waals surface area contributed by atoms with Crippen molar-refractivity contribution in [2.45, 2.75) is 0 Å². The van der Waals surface area contributed by atoms with Crippen LogP contribution in [0.2, 0.25) is 0 Å². The van der Waals surface area contributed by atoms with Gasteiger partial charge in [-0.1, -0.05) is 18.2 Å². The molecule has 0 aliphatic heterocycles. The molecule has 12 heavy (non-hydrogen) atoms. The predicted molar refractivity (Wildman–Crippen MR) is 50.5 cm³/mol. The molecule has 0 radical (unpaired) electrons. The van der Waals surface area contributed by atoms with E-state index in [1.807, 2.05) is 0 Å². The molecule has 64 valence electrons. The summed E-state index contributed by atoms with van der Waals surface area (Å²) in [5, 5.41) is 0. The molecule has 0 bridgehead atoms. The molecule has 0 fully saturated rings. The zero-order valence-corrected chi connectivity index (χ0v) is 6.84. The molecule has 1 aromatic carbocycles. The van der Waals surface area contributed by atoms with E-state index in [1.54, 1.807) is 30.3 Å². The molecule has 0 N–H and O–H groups in total. The van der Waals surface area contributed by atoms with Crippen LogP contribution >= 0.6 is 0 Å². The summed E-state index contributed by atoms with van der Waals surface area (Å²) in [5.41, 5.74) is 0. The third kappa shape index (κ3) is 4.98. The molecule has 3 nitrogen and oxygen atoms in total. The number of para-hydroxylation sites is 1. The standard InChI is InChI=1S/C7H8O3S.Ca.2H/c1-11(8,9)10-7-5-3-2-4-6-7;;;/h2-6H,1H3;;;. The van der Waals surface area contributed by atoms with Crippen molar-refractivity contribution in [3.8, 4) is 5.75 Å². The minimum absolute atomic E-state index is 0. The number of rotatable bonds is 2. The Morgan fingerprint density at radius 1 is 1.17 bits per heavy atom. The molecule has 0 heterocycles. The van der Waals surface area contributed by atoms with Gasteiger partial charge in [0.15, 0.2) is 0 Å². The van der Waals surface area contributed by atoms with E-state index in [-0.39, 0.29) is 37.7 Å². The van der Waals surface area contributed by atoms with Crippen molar-refractivity contribution >= 4 is 47.9 Å². The van der Waals surface area contributed by atoms with E-state index in [0.29, 0.717) is 5.75 Å². The molecule has 0 unspecified atom stereocenters. The van der Waals surface area contributed by atoms with Gasteiger partial charge in [-0.05, 0) is 12.1 Å². The van der Waals surface area contributed by atoms with E-state index in [0.717, 1.165) is 6.26 Å². The first-order valence-corrected chi connectivity index (χ1v) is 4.84. The van der Waals surface area contributed by atoms with E-state index >= 15 is 0 Å². The number of hydrogen-bond acceptors (Lipinski definition) is 3. The van der Waals surface area contributed by atoms with Crippen molar-refractivity contribution in [2.75, 3.05) is 6.26 Å². The average Bonchev–Trinajstić information content (AvgIpc) is 1.85. The van der Waals surface area contributed by atoms with Crippen molar-refractivity contribution in [3.05, 3.63) is 30.3 Å². The van der Waals surface area contributed by atoms with Gasteiger partial charge in [0.25, 0.3) is 0 Å². The third-order valence-corrected chi connectivity index (χ3v) is 1.49. The van der Waals surface area contributed by atoms with Crippen molar-refractivity contribution in [1.82, 2.24) is 0 Å². The van der Waals surface area contributed by atoms with Gasteiger partial charge >= 0.3 is 47.9 Å². The van der Waals surface area contributed by atoms with Gasteiger partial charge in [0.1, 0.15) is 5.75 Å². The van der Waals surface area contributed by atoms with Gasteiger partial charge in [-0.2, -0.15) is 8.42 Å². The summed E-state index contributed by atoms with van der Waals surface area (Å²) < 4.78 is 25.7. The second-order valence-corrected chi connectivity index (χ2v) is 3.68. The van der Waals surface area contributed by atoms with Gasteiger partial charge in [0.05, 0.1) is 6.26 Å². The van der Waals surface area contributed by atoms with Gasteiger partial charge in [-0.3, -0.25) is 0 Å². The van der Waals surface area contributed by atoms with Crippen LogP contribution in [0.5, 0.6) is 5.75 Å². The normalized spacial score (nSPS) is 10.1. The fourth-order valence-corrected chi connectivity index (χ4v) is 1.11. The monoisotopic (exact) mass is 214 g/mol. The van der Waals surface area contributed by atoms with Crippen molar-refractivity contribution in [1.29, 1.82) is 0 Å². The fourth-order valence-electron chi connectivity index (χ4n) is 0.651. The Hall–Kier alpha value is 0.230. The summed E-state index contributed by atoms with van der Waals surface area (Å²) in [7, 11) is -3.38. The molecule has 5 heteroatoms. The Kier molecular flexibility index (Phi) is 5.16. The maximum absolute atomic E-state index is 10.6. The van der Waals surface area contributed by atoms with Gasteiger partial charge in [-0.15, -0.1) is 0 Å². The van der Waals surface area contributed by atoms with E-state index in [9.17, 15) is 8.42 Å². The van der Waals surface area contributed by atoms with Gasteiger partial charge < -0.3 is 4.18 Å². The van der Waals surface area contributed by atoms with Crippen LogP contribution in [-0.2, 0) is 10.1 Å². The SMILES string of the molecule is CS(=O)(=O)Oc1ccccc1.[CaH2]. The predicted octanol–water partition coefficient (Wildman–Crippen LogP) is 0.109. The second-order valence-electron chi connectivity index (χ2n) is 2.10. The Balaban J connectivity index is 0.00000121. The first-order valence-electron chi connectivity index (χ1n) is 3.02. The zero-order valence-electron chi connectivity index (χ0n) is 6.02. The minimum atomic E-state index is -3.38. The Morgan fingerprint density at radius 2 is 1.67 bits per heavy atom. The van der Waals surface area contributed by atoms with Crippen LogP contribution in [0.25, 0.3) is 0 Å². The van der Waals surface area contributed by atoms with E-state index in [1.165, 1.54) is 0 Å². The first kappa shape index (κ1) is 12.2. The van der Waals surface area contributed by atoms with E-state index in [4.69, 9.17) is 0 Å². The van der Waals surface area contributed by atoms with Crippen LogP contribution in [0.3, 0.4) is 0 Å². The van der Waals surface area contributed by atoms with Gasteiger partial charge in [0.2, 0.25) is 0 Å². The number of benzene rings is 1. The average molecular weight is 214 g/mol. The molecule has 1 aromatic rings. The molecule has 0 aliphatic rings. The maximum atomic E-state index is 10.6. The fraction of sp³-hybridized carbons (Fsp3) is 0.143. The van der Waals surface area contributed by atoms with Crippen LogP contribution < -0.4 is 4.18 Å². The van der Waals surface area contributed by atoms with Crippen molar-refractivity contribution < 1.29 is 12.6 Å². The molecule has 0 saturated heterocycles. The number of hydrogen-bond donors (Lipinski definition) is 0. The molecule has 0 aromatic heterocycles. The molecule has 0 saturated carbocycles. The molecular weight excluding hydrogens is 204 g/mol. The van der Waals surface area contributed by atoms with Crippen molar-refractivity contribution in [3.63, 3.8) is 0 Å². The van der Waals surface area contributed by atoms with Crippen LogP contribution in [0.4, 0.5) is 0 Å². The molecule has 1 rings (SSSR count). The summed E-state index contributed by atoms with van der Waals surface area (Å²) in [6.45, 7) is 0. The molecule has 0 aliphatic carbocycles. The molecule has 0 spiro atoms. The van der Waals surface area contributed by atoms with Gasteiger partial charge in [-0.25, -0.2) is 0 Å². The Bertz CT molecular complexity index is 320. The summed E-state index contributed by atoms with van der Waals surface area (Å²) in [4.78, 5) is 0. The topological polar surface area (TPSA) is 43.4 Å². The summed E-state index contributed by atoms with van der Waals surface area (Å²) in [5.74, 6) is 0.343. The second kappa shape index (κ2) is 5.07. The third-order valence-electron chi connectivity index (χ3n) is 0.991. The summed E-state index contributed by atoms with van der Waals surface area (Å²) in [6.07, 6.45) is 1.01. The van der Waals surface area contributed by atoms with Crippen LogP contribution in [0, 0.1) is 0 Å². The first-order chi connectivity index (χ1) is 5.08. The Labute approximate surface area is 102 Å². The van der Waals surface area contributed by atoms with Crippen LogP contribution in [-0.4, -0.2) is 52.4 Å². The van der Waals surface area contributed by atoms with Crippen molar-refractivity contribution in [2.24, 2.45) is 0 Å². The Morgan fingerprint density at radius 3 is 2.08 bits per heavy atom. The summed E-state index contributed by atoms with van der Waals surface area (Å²) >= 11 is 0. The van der Waals surface area contributed by atoms with E-state index < -0.39 is 10.1 Å². The van der Waals surface area contributed by atoms with Crippen LogP contribution in [0.1, 0.15) is 0 Å². The molecule has 0 atom stereocenters. The van der Waals surface area contributed by atoms with Crippen LogP contribution in [0.15, 0.2) is 30.3 Å². The van der Waals surface area contributed by atoms with E-state index in [2.05, 4.69) is 4.18 Å². The molecule has 0 amide bonds. The quantitative estimate of drug-likeness (QED) is 0.518. The summed E-state index contributed by atoms with van der Waals surface area (Å²) in [6, 6.07) is 8.37. The zero-order chi connectivity index (χ0) is 8.32. The van der Waals surface area contributed by atoms with Gasteiger partial charge in [0, 0.05) is 0 Å².